The van der Waals surface area contributed by atoms with Gasteiger partial charge in [-0.15, -0.1) is 0 Å². The second kappa shape index (κ2) is 12.4. The van der Waals surface area contributed by atoms with Gasteiger partial charge in [-0.2, -0.15) is 0 Å². The molecule has 8 nitrogen and oxygen atoms in total. The van der Waals surface area contributed by atoms with Crippen LogP contribution < -0.4 is 10.1 Å². The van der Waals surface area contributed by atoms with Gasteiger partial charge in [-0.05, 0) is 31.5 Å². The topological polar surface area (TPSA) is 95.0 Å². The molecule has 1 aromatic heterocycles. The molecule has 0 aliphatic carbocycles. The van der Waals surface area contributed by atoms with Crippen LogP contribution in [0.25, 0.3) is 0 Å². The van der Waals surface area contributed by atoms with Crippen LogP contribution in [0.4, 0.5) is 9.18 Å². The van der Waals surface area contributed by atoms with Crippen molar-refractivity contribution in [3.05, 3.63) is 59.0 Å². The van der Waals surface area contributed by atoms with E-state index >= 15 is 0 Å². The van der Waals surface area contributed by atoms with Crippen molar-refractivity contribution in [2.45, 2.75) is 39.3 Å². The number of hydrogen-bond donors (Lipinski definition) is 2. The summed E-state index contributed by atoms with van der Waals surface area (Å²) in [5, 5.41) is 12.6. The van der Waals surface area contributed by atoms with Crippen molar-refractivity contribution in [1.82, 2.24) is 20.1 Å². The third-order valence-corrected chi connectivity index (χ3v) is 6.06. The zero-order valence-electron chi connectivity index (χ0n) is 21.1. The number of halogens is 1. The van der Waals surface area contributed by atoms with E-state index in [1.165, 1.54) is 12.3 Å². The fraction of sp³-hybridized carbons (Fsp3) is 0.444. The molecular formula is C27H33FN4O4. The van der Waals surface area contributed by atoms with Gasteiger partial charge in [-0.1, -0.05) is 37.8 Å². The molecule has 2 heterocycles. The molecule has 0 saturated heterocycles. The minimum Gasteiger partial charge on any atom is -0.472 e. The summed E-state index contributed by atoms with van der Waals surface area (Å²) in [4.78, 5) is 33.4. The zero-order chi connectivity index (χ0) is 26.2. The highest BCUT2D eigenvalue weighted by atomic mass is 19.1. The maximum atomic E-state index is 14.0. The Morgan fingerprint density at radius 2 is 2.14 bits per heavy atom. The van der Waals surface area contributed by atoms with Crippen LogP contribution in [0.5, 0.6) is 5.88 Å². The van der Waals surface area contributed by atoms with E-state index in [0.29, 0.717) is 18.7 Å². The van der Waals surface area contributed by atoms with Gasteiger partial charge in [0.25, 0.3) is 5.91 Å². The molecule has 3 rings (SSSR count). The Morgan fingerprint density at radius 3 is 2.83 bits per heavy atom. The molecule has 0 unspecified atom stereocenters. The number of hydrogen-bond acceptors (Lipinski definition) is 5. The third kappa shape index (κ3) is 6.52. The fourth-order valence-electron chi connectivity index (χ4n) is 3.81. The van der Waals surface area contributed by atoms with Crippen LogP contribution in [0.3, 0.4) is 0 Å². The number of aromatic nitrogens is 1. The van der Waals surface area contributed by atoms with E-state index in [4.69, 9.17) is 4.74 Å². The number of urea groups is 1. The molecule has 1 aliphatic heterocycles. The molecule has 0 spiro atoms. The number of amides is 3. The van der Waals surface area contributed by atoms with E-state index in [9.17, 15) is 19.1 Å². The van der Waals surface area contributed by atoms with E-state index in [2.05, 4.69) is 22.1 Å². The number of nitrogens with zero attached hydrogens (tertiary/aromatic N) is 3. The lowest BCUT2D eigenvalue weighted by Gasteiger charge is -2.37. The highest BCUT2D eigenvalue weighted by molar-refractivity contribution is 5.97. The van der Waals surface area contributed by atoms with Gasteiger partial charge >= 0.3 is 6.03 Å². The molecule has 1 aliphatic rings. The predicted octanol–water partition coefficient (Wildman–Crippen LogP) is 2.89. The second-order valence-electron chi connectivity index (χ2n) is 9.04. The molecule has 36 heavy (non-hydrogen) atoms. The van der Waals surface area contributed by atoms with Crippen molar-refractivity contribution in [3.8, 4) is 17.7 Å². The fourth-order valence-corrected chi connectivity index (χ4v) is 3.81. The smallest absolute Gasteiger partial charge is 0.317 e. The number of carbonyl (C=O) groups excluding carboxylic acids is 2. The average molecular weight is 497 g/mol. The molecule has 2 aromatic rings. The zero-order valence-corrected chi connectivity index (χ0v) is 21.1. The van der Waals surface area contributed by atoms with E-state index in [0.717, 1.165) is 6.42 Å². The lowest BCUT2D eigenvalue weighted by atomic mass is 10.00. The summed E-state index contributed by atoms with van der Waals surface area (Å²) in [5.74, 6) is 4.84. The first-order valence-corrected chi connectivity index (χ1v) is 12.1. The number of rotatable bonds is 6. The number of fused-ring (bicyclic) bond motifs is 1. The monoisotopic (exact) mass is 496 g/mol. The summed E-state index contributed by atoms with van der Waals surface area (Å²) in [7, 11) is 1.69. The van der Waals surface area contributed by atoms with Crippen LogP contribution in [0, 0.1) is 23.6 Å². The highest BCUT2D eigenvalue weighted by Gasteiger charge is 2.34. The Balaban J connectivity index is 1.95. The first-order chi connectivity index (χ1) is 17.2. The molecular weight excluding hydrogens is 463 g/mol. The van der Waals surface area contributed by atoms with Gasteiger partial charge in [0.2, 0.25) is 5.88 Å². The number of pyridine rings is 1. The molecule has 3 atom stereocenters. The summed E-state index contributed by atoms with van der Waals surface area (Å²) in [6.07, 6.45) is 1.84. The predicted molar refractivity (Wildman–Crippen MR) is 134 cm³/mol. The average Bonchev–Trinajstić information content (AvgIpc) is 2.88. The summed E-state index contributed by atoms with van der Waals surface area (Å²) >= 11 is 0. The van der Waals surface area contributed by atoms with Gasteiger partial charge in [0.1, 0.15) is 17.5 Å². The Hall–Kier alpha value is -3.64. The van der Waals surface area contributed by atoms with E-state index in [1.807, 2.05) is 13.8 Å². The number of ether oxygens (including phenoxy) is 1. The molecule has 9 heteroatoms. The maximum Gasteiger partial charge on any atom is 0.317 e. The highest BCUT2D eigenvalue weighted by Crippen LogP contribution is 2.27. The summed E-state index contributed by atoms with van der Waals surface area (Å²) in [6.45, 7) is 6.64. The normalized spacial score (nSPS) is 18.1. The van der Waals surface area contributed by atoms with Crippen molar-refractivity contribution < 1.29 is 23.8 Å². The maximum absolute atomic E-state index is 14.0. The van der Waals surface area contributed by atoms with Crippen LogP contribution in [-0.4, -0.2) is 77.3 Å². The minimum atomic E-state index is -0.453. The van der Waals surface area contributed by atoms with Gasteiger partial charge in [-0.25, -0.2) is 14.2 Å². The Bertz CT molecular complexity index is 1150. The van der Waals surface area contributed by atoms with Crippen molar-refractivity contribution in [1.29, 1.82) is 0 Å². The van der Waals surface area contributed by atoms with Crippen LogP contribution >= 0.6 is 0 Å². The molecule has 192 valence electrons. The van der Waals surface area contributed by atoms with Crippen LogP contribution in [0.2, 0.25) is 0 Å². The van der Waals surface area contributed by atoms with E-state index in [-0.39, 0.29) is 48.0 Å². The summed E-state index contributed by atoms with van der Waals surface area (Å²) in [6, 6.07) is 7.10. The molecule has 1 aromatic carbocycles. The largest absolute Gasteiger partial charge is 0.472 e. The Morgan fingerprint density at radius 1 is 1.39 bits per heavy atom. The van der Waals surface area contributed by atoms with Crippen LogP contribution in [0.15, 0.2) is 36.5 Å². The number of carbonyl (C=O) groups is 2. The minimum absolute atomic E-state index is 0.130. The van der Waals surface area contributed by atoms with Gasteiger partial charge in [0, 0.05) is 37.8 Å². The number of aliphatic hydroxyl groups is 1. The molecule has 0 saturated carbocycles. The number of aliphatic hydroxyl groups excluding tert-OH is 1. The van der Waals surface area contributed by atoms with Crippen LogP contribution in [-0.2, 0) is 0 Å². The standard InChI is InChI=1S/C27H33FN4O4/c1-5-12-29-27(35)31(4)16-24-18(2)15-32(19(3)17-33)26(34)22-13-20(14-30-25(22)36-24)10-11-21-8-6-7-9-23(21)28/h6-9,13-14,18-19,24,33H,5,12,15-17H2,1-4H3,(H,29,35)/t18-,19+,24+/m0/s1. The summed E-state index contributed by atoms with van der Waals surface area (Å²) < 4.78 is 20.2. The Kier molecular flexibility index (Phi) is 9.25. The van der Waals surface area contributed by atoms with Gasteiger partial charge < -0.3 is 25.0 Å². The quantitative estimate of drug-likeness (QED) is 0.600. The first-order valence-electron chi connectivity index (χ1n) is 12.1. The lowest BCUT2D eigenvalue weighted by Crippen LogP contribution is -2.51. The molecule has 0 fully saturated rings. The second-order valence-corrected chi connectivity index (χ2v) is 9.04. The van der Waals surface area contributed by atoms with Gasteiger partial charge in [0.05, 0.1) is 24.8 Å². The first kappa shape index (κ1) is 27.0. The van der Waals surface area contributed by atoms with Gasteiger partial charge in [0.15, 0.2) is 0 Å². The van der Waals surface area contributed by atoms with E-state index < -0.39 is 18.0 Å². The molecule has 0 bridgehead atoms. The third-order valence-electron chi connectivity index (χ3n) is 6.06. The van der Waals surface area contributed by atoms with E-state index in [1.54, 1.807) is 48.0 Å². The number of nitrogens with one attached hydrogen (secondary N) is 1. The molecule has 0 radical (unpaired) electrons. The van der Waals surface area contributed by atoms with Crippen molar-refractivity contribution >= 4 is 11.9 Å². The van der Waals surface area contributed by atoms with Crippen LogP contribution in [0.1, 0.15) is 48.7 Å². The number of likely N-dealkylation sites (N-methyl/N-ethyl adjacent to an activating group) is 1. The SMILES string of the molecule is CCCNC(=O)N(C)C[C@H]1Oc2ncc(C#Cc3ccccc3F)cc2C(=O)N([C@H](C)CO)C[C@@H]1C. The summed E-state index contributed by atoms with van der Waals surface area (Å²) in [5.41, 5.74) is 0.859. The van der Waals surface area contributed by atoms with Gasteiger partial charge in [-0.3, -0.25) is 4.79 Å². The Labute approximate surface area is 211 Å². The molecule has 3 amide bonds. The number of benzene rings is 1. The van der Waals surface area contributed by atoms with Crippen molar-refractivity contribution in [2.75, 3.05) is 33.3 Å². The molecule has 2 N–H and O–H groups in total. The van der Waals surface area contributed by atoms with Crippen molar-refractivity contribution in [2.24, 2.45) is 5.92 Å². The lowest BCUT2D eigenvalue weighted by molar-refractivity contribution is 0.0352. The van der Waals surface area contributed by atoms with Crippen molar-refractivity contribution in [3.63, 3.8) is 0 Å².